The Morgan fingerprint density at radius 1 is 1.06 bits per heavy atom. The van der Waals surface area contributed by atoms with Crippen molar-refractivity contribution in [3.63, 3.8) is 0 Å². The fourth-order valence-electron chi connectivity index (χ4n) is 3.57. The molecule has 3 aromatic rings. The highest BCUT2D eigenvalue weighted by Crippen LogP contribution is 2.22. The van der Waals surface area contributed by atoms with Crippen molar-refractivity contribution in [1.29, 1.82) is 0 Å². The molecule has 1 aromatic heterocycles. The van der Waals surface area contributed by atoms with Gasteiger partial charge in [-0.3, -0.25) is 9.36 Å². The molecule has 0 saturated heterocycles. The van der Waals surface area contributed by atoms with Crippen molar-refractivity contribution in [3.05, 3.63) is 71.4 Å². The summed E-state index contributed by atoms with van der Waals surface area (Å²) in [5.41, 5.74) is 1.81. The molecule has 0 unspecified atom stereocenters. The van der Waals surface area contributed by atoms with Gasteiger partial charge in [0, 0.05) is 30.4 Å². The molecular formula is C26H27N2O7-. The zero-order valence-electron chi connectivity index (χ0n) is 19.8. The minimum Gasteiger partial charge on any atom is -0.550 e. The second kappa shape index (κ2) is 10.9. The first-order valence-electron chi connectivity index (χ1n) is 11.0. The molecule has 184 valence electrons. The first-order chi connectivity index (χ1) is 16.6. The highest BCUT2D eigenvalue weighted by atomic mass is 16.6. The lowest BCUT2D eigenvalue weighted by atomic mass is 10.0. The van der Waals surface area contributed by atoms with Gasteiger partial charge in [0.15, 0.2) is 0 Å². The molecule has 0 spiro atoms. The molecule has 0 aliphatic carbocycles. The maximum Gasteiger partial charge on any atom is 0.408 e. The molecule has 0 aliphatic heterocycles. The third-order valence-corrected chi connectivity index (χ3v) is 5.09. The van der Waals surface area contributed by atoms with Crippen LogP contribution in [-0.4, -0.2) is 40.7 Å². The number of nitrogens with one attached hydrogen (secondary N) is 1. The number of carboxylic acid groups (broad SMARTS) is 1. The van der Waals surface area contributed by atoms with Gasteiger partial charge in [0.25, 0.3) is 0 Å². The normalized spacial score (nSPS) is 12.1. The van der Waals surface area contributed by atoms with Gasteiger partial charge in [-0.25, -0.2) is 9.59 Å². The van der Waals surface area contributed by atoms with Crippen LogP contribution in [0.25, 0.3) is 10.9 Å². The second-order valence-corrected chi connectivity index (χ2v) is 9.06. The van der Waals surface area contributed by atoms with E-state index in [-0.39, 0.29) is 19.4 Å². The van der Waals surface area contributed by atoms with E-state index >= 15 is 0 Å². The number of hydrogen-bond acceptors (Lipinski definition) is 7. The van der Waals surface area contributed by atoms with E-state index < -0.39 is 29.7 Å². The summed E-state index contributed by atoms with van der Waals surface area (Å²) in [6.45, 7) is 5.05. The third-order valence-electron chi connectivity index (χ3n) is 5.09. The highest BCUT2D eigenvalue weighted by Gasteiger charge is 2.27. The lowest BCUT2D eigenvalue weighted by Crippen LogP contribution is -2.45. The Morgan fingerprint density at radius 3 is 2.34 bits per heavy atom. The molecule has 0 fully saturated rings. The summed E-state index contributed by atoms with van der Waals surface area (Å²) < 4.78 is 12.2. The van der Waals surface area contributed by atoms with Crippen molar-refractivity contribution in [2.45, 2.75) is 51.9 Å². The molecule has 0 aliphatic rings. The second-order valence-electron chi connectivity index (χ2n) is 9.06. The average molecular weight is 480 g/mol. The number of benzene rings is 2. The Labute approximate surface area is 202 Å². The molecule has 9 heteroatoms. The van der Waals surface area contributed by atoms with Crippen LogP contribution in [0.3, 0.4) is 0 Å². The van der Waals surface area contributed by atoms with E-state index in [1.165, 1.54) is 4.57 Å². The Morgan fingerprint density at radius 2 is 1.71 bits per heavy atom. The van der Waals surface area contributed by atoms with Gasteiger partial charge in [-0.2, -0.15) is 0 Å². The summed E-state index contributed by atoms with van der Waals surface area (Å²) in [5.74, 6) is -1.87. The molecule has 9 nitrogen and oxygen atoms in total. The highest BCUT2D eigenvalue weighted by molar-refractivity contribution is 5.90. The smallest absolute Gasteiger partial charge is 0.408 e. The summed E-state index contributed by atoms with van der Waals surface area (Å²) in [4.78, 5) is 47.6. The quantitative estimate of drug-likeness (QED) is 0.368. The van der Waals surface area contributed by atoms with Crippen LogP contribution in [0.2, 0.25) is 0 Å². The van der Waals surface area contributed by atoms with Crippen molar-refractivity contribution in [2.75, 3.05) is 0 Å². The summed E-state index contributed by atoms with van der Waals surface area (Å²) in [7, 11) is 0. The number of ether oxygens (including phenoxy) is 2. The number of carbonyl (C=O) groups excluding carboxylic acids is 4. The van der Waals surface area contributed by atoms with Gasteiger partial charge in [-0.15, -0.1) is 0 Å². The van der Waals surface area contributed by atoms with Crippen molar-refractivity contribution in [3.8, 4) is 0 Å². The van der Waals surface area contributed by atoms with Crippen molar-refractivity contribution >= 4 is 35.3 Å². The van der Waals surface area contributed by atoms with Gasteiger partial charge < -0.3 is 24.7 Å². The number of esters is 1. The van der Waals surface area contributed by atoms with Gasteiger partial charge in [-0.05, 0) is 43.5 Å². The Hall–Kier alpha value is -4.14. The zero-order valence-corrected chi connectivity index (χ0v) is 19.8. The Bertz CT molecular complexity index is 1220. The summed E-state index contributed by atoms with van der Waals surface area (Å²) in [5, 5.41) is 14.1. The van der Waals surface area contributed by atoms with Crippen molar-refractivity contribution in [2.24, 2.45) is 0 Å². The van der Waals surface area contributed by atoms with E-state index in [9.17, 15) is 24.3 Å². The maximum absolute atomic E-state index is 13.0. The van der Waals surface area contributed by atoms with Gasteiger partial charge in [0.2, 0.25) is 6.41 Å². The standard InChI is InChI=1S/C26H28N2O7/c1-26(2,3)35-25(33)27-21(13-19-14-28(16-29)22-7-5-4-6-20(19)22)24(32)34-15-18-10-8-17(9-11-18)12-23(30)31/h4-11,14,16,21H,12-13,15H2,1-3H3,(H,27,33)(H,30,31)/p-1/t21-/m0/s1. The predicted octanol–water partition coefficient (Wildman–Crippen LogP) is 2.15. The van der Waals surface area contributed by atoms with Gasteiger partial charge in [-0.1, -0.05) is 42.5 Å². The van der Waals surface area contributed by atoms with Crippen LogP contribution in [0, 0.1) is 0 Å². The van der Waals surface area contributed by atoms with Crippen molar-refractivity contribution in [1.82, 2.24) is 9.88 Å². The molecule has 1 atom stereocenters. The van der Waals surface area contributed by atoms with Gasteiger partial charge >= 0.3 is 12.1 Å². The number of fused-ring (bicyclic) bond motifs is 1. The van der Waals surface area contributed by atoms with Crippen LogP contribution in [0.4, 0.5) is 4.79 Å². The molecule has 3 rings (SSSR count). The van der Waals surface area contributed by atoms with Crippen molar-refractivity contribution < 1.29 is 33.8 Å². The first-order valence-corrected chi connectivity index (χ1v) is 11.0. The lowest BCUT2D eigenvalue weighted by molar-refractivity contribution is -0.304. The van der Waals surface area contributed by atoms with E-state index in [0.717, 1.165) is 5.39 Å². The van der Waals surface area contributed by atoms with Gasteiger partial charge in [0.1, 0.15) is 18.2 Å². The third kappa shape index (κ3) is 7.17. The fraction of sp³-hybridized carbons (Fsp3) is 0.308. The topological polar surface area (TPSA) is 127 Å². The summed E-state index contributed by atoms with van der Waals surface area (Å²) in [6.07, 6.45) is 1.38. The molecule has 1 N–H and O–H groups in total. The lowest BCUT2D eigenvalue weighted by Gasteiger charge is -2.23. The van der Waals surface area contributed by atoms with Crippen LogP contribution in [0.15, 0.2) is 54.7 Å². The van der Waals surface area contributed by atoms with E-state index in [0.29, 0.717) is 28.6 Å². The Kier molecular flexibility index (Phi) is 7.91. The summed E-state index contributed by atoms with van der Waals surface area (Å²) >= 11 is 0. The van der Waals surface area contributed by atoms with Crippen LogP contribution < -0.4 is 10.4 Å². The fourth-order valence-corrected chi connectivity index (χ4v) is 3.57. The van der Waals surface area contributed by atoms with Crippen LogP contribution >= 0.6 is 0 Å². The number of aromatic nitrogens is 1. The molecule has 0 radical (unpaired) electrons. The Balaban J connectivity index is 1.77. The number of nitrogens with zero attached hydrogens (tertiary/aromatic N) is 1. The number of rotatable bonds is 9. The molecule has 1 heterocycles. The van der Waals surface area contributed by atoms with E-state index in [4.69, 9.17) is 9.47 Å². The molecule has 2 aromatic carbocycles. The van der Waals surface area contributed by atoms with E-state index in [2.05, 4.69) is 5.32 Å². The number of amides is 1. The summed E-state index contributed by atoms with van der Waals surface area (Å²) in [6, 6.07) is 12.7. The van der Waals surface area contributed by atoms with E-state index in [1.54, 1.807) is 63.4 Å². The number of alkyl carbamates (subject to hydrolysis) is 1. The zero-order chi connectivity index (χ0) is 25.6. The predicted molar refractivity (Wildman–Crippen MR) is 126 cm³/mol. The minimum atomic E-state index is -1.18. The molecule has 1 amide bonds. The molecule has 35 heavy (non-hydrogen) atoms. The number of carboxylic acids is 1. The maximum atomic E-state index is 13.0. The van der Waals surface area contributed by atoms with Crippen LogP contribution in [0.5, 0.6) is 0 Å². The molecule has 0 saturated carbocycles. The minimum absolute atomic E-state index is 0.0734. The number of aliphatic carboxylic acids is 1. The number of carbonyl (C=O) groups is 4. The monoisotopic (exact) mass is 479 g/mol. The van der Waals surface area contributed by atoms with Gasteiger partial charge in [0.05, 0.1) is 5.52 Å². The first kappa shape index (κ1) is 25.5. The average Bonchev–Trinajstić information content (AvgIpc) is 3.14. The van der Waals surface area contributed by atoms with Crippen LogP contribution in [0.1, 0.15) is 37.5 Å². The van der Waals surface area contributed by atoms with Crippen LogP contribution in [-0.2, 0) is 43.3 Å². The largest absolute Gasteiger partial charge is 0.550 e. The molecular weight excluding hydrogens is 452 g/mol. The SMILES string of the molecule is CC(C)(C)OC(=O)N[C@@H](Cc1cn(C=O)c2ccccc12)C(=O)OCc1ccc(CC(=O)[O-])cc1. The van der Waals surface area contributed by atoms with E-state index in [1.807, 2.05) is 12.1 Å². The number of para-hydroxylation sites is 1. The molecule has 0 bridgehead atoms. The number of hydrogen-bond donors (Lipinski definition) is 1.